The normalized spacial score (nSPS) is 29.9. The molecule has 6 nitrogen and oxygen atoms in total. The molecule has 7 heteroatoms. The van der Waals surface area contributed by atoms with E-state index < -0.39 is 0 Å². The van der Waals surface area contributed by atoms with Crippen LogP contribution < -0.4 is 10.3 Å². The Morgan fingerprint density at radius 3 is 2.80 bits per heavy atom. The first kappa shape index (κ1) is 20.5. The number of likely N-dealkylation sites (tertiary alicyclic amines) is 1. The molecule has 1 N–H and O–H groups in total. The minimum absolute atomic E-state index is 0.286. The van der Waals surface area contributed by atoms with Crippen molar-refractivity contribution < 1.29 is 4.74 Å². The number of ether oxygens (including phenoxy) is 1. The highest BCUT2D eigenvalue weighted by molar-refractivity contribution is 7.99. The molecule has 3 saturated heterocycles. The largest absolute Gasteiger partial charge is 0.381 e. The Bertz CT molecular complexity index is 726. The first-order chi connectivity index (χ1) is 14.8. The Morgan fingerprint density at radius 2 is 1.97 bits per heavy atom. The topological polar surface area (TPSA) is 43.3 Å². The van der Waals surface area contributed by atoms with Crippen molar-refractivity contribution in [3.8, 4) is 0 Å². The number of hydrogen-bond donors (Lipinski definition) is 1. The molecule has 0 aliphatic carbocycles. The summed E-state index contributed by atoms with van der Waals surface area (Å²) in [4.78, 5) is 7.69. The van der Waals surface area contributed by atoms with E-state index in [1.54, 1.807) is 0 Å². The zero-order valence-corrected chi connectivity index (χ0v) is 18.9. The lowest BCUT2D eigenvalue weighted by Crippen LogP contribution is -2.39. The van der Waals surface area contributed by atoms with Crippen LogP contribution in [-0.2, 0) is 4.74 Å². The average Bonchev–Trinajstić information content (AvgIpc) is 3.47. The van der Waals surface area contributed by atoms with E-state index in [0.717, 1.165) is 32.0 Å². The van der Waals surface area contributed by atoms with Crippen LogP contribution in [0.2, 0.25) is 0 Å². The summed E-state index contributed by atoms with van der Waals surface area (Å²) in [5.41, 5.74) is 5.04. The minimum Gasteiger partial charge on any atom is -0.381 e. The van der Waals surface area contributed by atoms with Crippen molar-refractivity contribution in [1.82, 2.24) is 15.2 Å². The molecule has 4 aliphatic heterocycles. The third-order valence-corrected chi connectivity index (χ3v) is 8.46. The van der Waals surface area contributed by atoms with Crippen LogP contribution in [0.5, 0.6) is 0 Å². The molecule has 4 aliphatic rings. The minimum atomic E-state index is 0.286. The van der Waals surface area contributed by atoms with E-state index in [4.69, 9.17) is 4.74 Å². The van der Waals surface area contributed by atoms with E-state index in [1.807, 2.05) is 11.8 Å². The van der Waals surface area contributed by atoms with Gasteiger partial charge in [0.05, 0.1) is 0 Å². The number of amidine groups is 1. The molecular weight excluding hydrogens is 394 g/mol. The highest BCUT2D eigenvalue weighted by Gasteiger charge is 2.41. The second kappa shape index (κ2) is 9.37. The molecule has 30 heavy (non-hydrogen) atoms. The molecule has 0 aromatic heterocycles. The Labute approximate surface area is 185 Å². The molecule has 3 atom stereocenters. The fourth-order valence-corrected chi connectivity index (χ4v) is 6.52. The molecule has 164 valence electrons. The van der Waals surface area contributed by atoms with E-state index in [0.29, 0.717) is 12.0 Å². The van der Waals surface area contributed by atoms with Gasteiger partial charge in [-0.05, 0) is 56.0 Å². The maximum atomic E-state index is 5.50. The summed E-state index contributed by atoms with van der Waals surface area (Å²) in [5, 5.41) is 4.65. The number of rotatable bonds is 7. The number of para-hydroxylation sites is 1. The van der Waals surface area contributed by atoms with Gasteiger partial charge >= 0.3 is 0 Å². The van der Waals surface area contributed by atoms with Gasteiger partial charge in [0, 0.05) is 57.5 Å². The van der Waals surface area contributed by atoms with Gasteiger partial charge < -0.3 is 19.4 Å². The Kier molecular flexibility index (Phi) is 6.39. The van der Waals surface area contributed by atoms with Crippen molar-refractivity contribution in [2.75, 3.05) is 57.1 Å². The molecule has 0 bridgehead atoms. The fraction of sp³-hybridized carbons (Fsp3) is 0.696. The first-order valence-electron chi connectivity index (χ1n) is 11.6. The van der Waals surface area contributed by atoms with E-state index in [-0.39, 0.29) is 5.50 Å². The van der Waals surface area contributed by atoms with Crippen LogP contribution in [0.25, 0.3) is 0 Å². The summed E-state index contributed by atoms with van der Waals surface area (Å²) < 4.78 is 5.50. The lowest BCUT2D eigenvalue weighted by molar-refractivity contribution is 0.0806. The third-order valence-electron chi connectivity index (χ3n) is 7.19. The molecule has 5 rings (SSSR count). The van der Waals surface area contributed by atoms with Crippen LogP contribution >= 0.6 is 11.8 Å². The zero-order valence-electron chi connectivity index (χ0n) is 18.1. The van der Waals surface area contributed by atoms with Crippen LogP contribution in [0.15, 0.2) is 35.4 Å². The van der Waals surface area contributed by atoms with Gasteiger partial charge in [-0.3, -0.25) is 5.43 Å². The summed E-state index contributed by atoms with van der Waals surface area (Å²) in [6.07, 6.45) is 4.78. The van der Waals surface area contributed by atoms with Gasteiger partial charge in [0.1, 0.15) is 5.84 Å². The van der Waals surface area contributed by atoms with E-state index in [2.05, 4.69) is 62.6 Å². The van der Waals surface area contributed by atoms with E-state index >= 15 is 0 Å². The fourth-order valence-electron chi connectivity index (χ4n) is 5.55. The van der Waals surface area contributed by atoms with Crippen molar-refractivity contribution in [2.45, 2.75) is 37.2 Å². The number of benzene rings is 1. The van der Waals surface area contributed by atoms with Gasteiger partial charge in [0.2, 0.25) is 0 Å². The van der Waals surface area contributed by atoms with Gasteiger partial charge in [-0.15, -0.1) is 11.8 Å². The molecule has 0 spiro atoms. The lowest BCUT2D eigenvalue weighted by atomic mass is 9.98. The van der Waals surface area contributed by atoms with Crippen LogP contribution in [0, 0.1) is 11.8 Å². The predicted octanol–water partition coefficient (Wildman–Crippen LogP) is 2.88. The predicted molar refractivity (Wildman–Crippen MR) is 125 cm³/mol. The number of hydrazone groups is 1. The van der Waals surface area contributed by atoms with Crippen molar-refractivity contribution >= 4 is 23.3 Å². The van der Waals surface area contributed by atoms with Crippen LogP contribution in [0.3, 0.4) is 0 Å². The summed E-state index contributed by atoms with van der Waals surface area (Å²) in [7, 11) is 2.19. The number of nitrogens with zero attached hydrogens (tertiary/aromatic N) is 4. The van der Waals surface area contributed by atoms with Crippen LogP contribution in [0.1, 0.15) is 25.7 Å². The SMILES string of the molecule is CN1C(C2CCOCC2)=NNC1SCCCN1C[C@@H]2CCN(c3ccccc3)[C@@H]2C1. The van der Waals surface area contributed by atoms with Crippen molar-refractivity contribution in [1.29, 1.82) is 0 Å². The van der Waals surface area contributed by atoms with Crippen LogP contribution in [0.4, 0.5) is 5.69 Å². The van der Waals surface area contributed by atoms with Crippen molar-refractivity contribution in [2.24, 2.45) is 16.9 Å². The number of fused-ring (bicyclic) bond motifs is 1. The maximum Gasteiger partial charge on any atom is 0.164 e. The lowest BCUT2D eigenvalue weighted by Gasteiger charge is -2.28. The van der Waals surface area contributed by atoms with E-state index in [1.165, 1.54) is 56.3 Å². The number of anilines is 1. The highest BCUT2D eigenvalue weighted by atomic mass is 32.2. The molecule has 0 radical (unpaired) electrons. The zero-order chi connectivity index (χ0) is 20.3. The quantitative estimate of drug-likeness (QED) is 0.673. The van der Waals surface area contributed by atoms with Crippen molar-refractivity contribution in [3.05, 3.63) is 30.3 Å². The van der Waals surface area contributed by atoms with Gasteiger partial charge in [-0.1, -0.05) is 18.2 Å². The van der Waals surface area contributed by atoms with E-state index in [9.17, 15) is 0 Å². The summed E-state index contributed by atoms with van der Waals surface area (Å²) >= 11 is 1.99. The average molecular weight is 430 g/mol. The smallest absolute Gasteiger partial charge is 0.164 e. The number of thioether (sulfide) groups is 1. The molecule has 1 aromatic rings. The monoisotopic (exact) mass is 429 g/mol. The maximum absolute atomic E-state index is 5.50. The molecule has 3 fully saturated rings. The van der Waals surface area contributed by atoms with Gasteiger partial charge in [0.25, 0.3) is 0 Å². The number of nitrogens with one attached hydrogen (secondary N) is 1. The van der Waals surface area contributed by atoms with Crippen molar-refractivity contribution in [3.63, 3.8) is 0 Å². The molecule has 4 heterocycles. The summed E-state index contributed by atoms with van der Waals surface area (Å²) in [6, 6.07) is 11.7. The number of hydrogen-bond acceptors (Lipinski definition) is 7. The standard InChI is InChI=1S/C23H35N5OS/c1-26-22(18-9-13-29-14-10-18)24-25-23(26)30-15-5-11-27-16-19-8-12-28(21(19)17-27)20-6-3-2-4-7-20/h2-4,6-7,18-19,21,23,25H,5,8-17H2,1H3/t19-,21+,23?/m0/s1. The summed E-state index contributed by atoms with van der Waals surface area (Å²) in [5.74, 6) is 3.80. The molecule has 0 amide bonds. The highest BCUT2D eigenvalue weighted by Crippen LogP contribution is 2.35. The Balaban J connectivity index is 1.03. The van der Waals surface area contributed by atoms with Gasteiger partial charge in [-0.25, -0.2) is 0 Å². The molecule has 1 aromatic carbocycles. The molecular formula is C23H35N5OS. The summed E-state index contributed by atoms with van der Waals surface area (Å²) in [6.45, 7) is 6.68. The van der Waals surface area contributed by atoms with Crippen LogP contribution in [-0.4, -0.2) is 79.4 Å². The Hall–Kier alpha value is -1.44. The molecule has 0 saturated carbocycles. The first-order valence-corrected chi connectivity index (χ1v) is 12.6. The Morgan fingerprint density at radius 1 is 1.13 bits per heavy atom. The third kappa shape index (κ3) is 4.30. The second-order valence-corrected chi connectivity index (χ2v) is 10.3. The molecule has 1 unspecified atom stereocenters. The van der Waals surface area contributed by atoms with Gasteiger partial charge in [0.15, 0.2) is 5.50 Å². The van der Waals surface area contributed by atoms with Gasteiger partial charge in [-0.2, -0.15) is 5.10 Å². The second-order valence-electron chi connectivity index (χ2n) is 9.08.